The Balaban J connectivity index is 1.73. The normalized spacial score (nSPS) is 11.7. The van der Waals surface area contributed by atoms with Crippen molar-refractivity contribution in [1.82, 2.24) is 20.6 Å². The fourth-order valence-electron chi connectivity index (χ4n) is 1.84. The largest absolute Gasteiger partial charge is 0.360 e. The van der Waals surface area contributed by atoms with E-state index in [1.54, 1.807) is 29.6 Å². The van der Waals surface area contributed by atoms with Crippen LogP contribution in [0, 0.1) is 11.3 Å². The molecule has 0 saturated heterocycles. The predicted molar refractivity (Wildman–Crippen MR) is 93.0 cm³/mol. The van der Waals surface area contributed by atoms with Crippen molar-refractivity contribution in [3.63, 3.8) is 0 Å². The van der Waals surface area contributed by atoms with Crippen molar-refractivity contribution in [2.45, 2.75) is 4.90 Å². The molecule has 0 aliphatic carbocycles. The van der Waals surface area contributed by atoms with Gasteiger partial charge in [-0.1, -0.05) is 0 Å². The number of aromatic amines is 1. The summed E-state index contributed by atoms with van der Waals surface area (Å²) in [5.41, 5.74) is 0.788. The number of tetrazole rings is 1. The summed E-state index contributed by atoms with van der Waals surface area (Å²) in [4.78, 5) is 0.133. The summed E-state index contributed by atoms with van der Waals surface area (Å²) in [7, 11) is -3.64. The number of rotatable bonds is 6. The zero-order chi connectivity index (χ0) is 17.7. The first-order valence-corrected chi connectivity index (χ1v) is 9.22. The highest BCUT2D eigenvalue weighted by Gasteiger charge is 2.14. The minimum Gasteiger partial charge on any atom is -0.360 e. The average molecular weight is 373 g/mol. The number of H-pyrrole nitrogens is 1. The van der Waals surface area contributed by atoms with Crippen molar-refractivity contribution >= 4 is 37.6 Å². The number of benzene rings is 1. The van der Waals surface area contributed by atoms with Gasteiger partial charge in [0.1, 0.15) is 16.6 Å². The number of aromatic nitrogens is 4. The first-order chi connectivity index (χ1) is 12.1. The number of nitriles is 1. The molecular weight excluding hydrogens is 362 g/mol. The van der Waals surface area contributed by atoms with Crippen molar-refractivity contribution in [2.24, 2.45) is 0 Å². The van der Waals surface area contributed by atoms with E-state index < -0.39 is 10.0 Å². The van der Waals surface area contributed by atoms with Crippen LogP contribution in [0.3, 0.4) is 0 Å². The topological polar surface area (TPSA) is 136 Å². The highest BCUT2D eigenvalue weighted by Crippen LogP contribution is 2.21. The van der Waals surface area contributed by atoms with Crippen molar-refractivity contribution in [1.29, 1.82) is 5.26 Å². The molecule has 3 N–H and O–H groups in total. The van der Waals surface area contributed by atoms with Crippen molar-refractivity contribution in [3.05, 3.63) is 53.8 Å². The highest BCUT2D eigenvalue weighted by molar-refractivity contribution is 7.93. The molecule has 11 heteroatoms. The molecule has 2 heterocycles. The minimum absolute atomic E-state index is 0.133. The third kappa shape index (κ3) is 4.00. The molecule has 0 fully saturated rings. The fourth-order valence-corrected chi connectivity index (χ4v) is 3.76. The Morgan fingerprint density at radius 3 is 2.68 bits per heavy atom. The molecule has 3 aromatic rings. The minimum atomic E-state index is -3.64. The maximum Gasteiger partial charge on any atom is 0.262 e. The standard InChI is InChI=1S/C14H11N7O2S2/c15-8-10(14-17-20-21-18-14)9-16-11-3-5-12(6-4-11)25(22,23)19-13-2-1-7-24-13/h1-7,9,16,19H,(H,17,18,20,21). The van der Waals surface area contributed by atoms with E-state index in [0.717, 1.165) is 0 Å². The van der Waals surface area contributed by atoms with Crippen LogP contribution >= 0.6 is 11.3 Å². The quantitative estimate of drug-likeness (QED) is 0.562. The molecule has 0 unspecified atom stereocenters. The fraction of sp³-hybridized carbons (Fsp3) is 0. The van der Waals surface area contributed by atoms with Crippen LogP contribution in [0.1, 0.15) is 5.82 Å². The van der Waals surface area contributed by atoms with Gasteiger partial charge < -0.3 is 5.32 Å². The van der Waals surface area contributed by atoms with Gasteiger partial charge in [0.05, 0.1) is 4.90 Å². The zero-order valence-electron chi connectivity index (χ0n) is 12.5. The van der Waals surface area contributed by atoms with Crippen LogP contribution in [0.25, 0.3) is 5.57 Å². The molecule has 25 heavy (non-hydrogen) atoms. The number of nitrogens with zero attached hydrogens (tertiary/aromatic N) is 4. The number of hydrogen-bond acceptors (Lipinski definition) is 8. The monoisotopic (exact) mass is 373 g/mol. The lowest BCUT2D eigenvalue weighted by Crippen LogP contribution is -2.11. The van der Waals surface area contributed by atoms with E-state index >= 15 is 0 Å². The van der Waals surface area contributed by atoms with E-state index in [1.807, 2.05) is 6.07 Å². The molecule has 0 radical (unpaired) electrons. The second-order valence-corrected chi connectivity index (χ2v) is 7.29. The molecule has 0 amide bonds. The second-order valence-electron chi connectivity index (χ2n) is 4.66. The Morgan fingerprint density at radius 2 is 2.08 bits per heavy atom. The number of anilines is 2. The zero-order valence-corrected chi connectivity index (χ0v) is 14.2. The van der Waals surface area contributed by atoms with Crippen LogP contribution in [0.15, 0.2) is 52.9 Å². The van der Waals surface area contributed by atoms with Crippen LogP contribution in [-0.2, 0) is 10.0 Å². The smallest absolute Gasteiger partial charge is 0.262 e. The summed E-state index contributed by atoms with van der Waals surface area (Å²) in [5.74, 6) is 0.161. The molecule has 0 aliphatic rings. The van der Waals surface area contributed by atoms with Crippen LogP contribution in [0.2, 0.25) is 0 Å². The van der Waals surface area contributed by atoms with Gasteiger partial charge in [0.25, 0.3) is 10.0 Å². The Hall–Kier alpha value is -3.23. The number of hydrogen-bond donors (Lipinski definition) is 3. The van der Waals surface area contributed by atoms with Gasteiger partial charge in [0, 0.05) is 11.9 Å². The van der Waals surface area contributed by atoms with E-state index in [9.17, 15) is 8.42 Å². The number of nitrogens with one attached hydrogen (secondary N) is 3. The molecule has 3 rings (SSSR count). The van der Waals surface area contributed by atoms with Gasteiger partial charge in [0.2, 0.25) is 5.82 Å². The first-order valence-electron chi connectivity index (χ1n) is 6.85. The molecule has 2 aromatic heterocycles. The molecule has 9 nitrogen and oxygen atoms in total. The Labute approximate surface area is 147 Å². The molecule has 126 valence electrons. The summed E-state index contributed by atoms with van der Waals surface area (Å²) in [6.07, 6.45) is 1.41. The van der Waals surface area contributed by atoms with Gasteiger partial charge in [0.15, 0.2) is 0 Å². The van der Waals surface area contributed by atoms with Crippen molar-refractivity contribution in [3.8, 4) is 6.07 Å². The van der Waals surface area contributed by atoms with Crippen molar-refractivity contribution in [2.75, 3.05) is 10.0 Å². The van der Waals surface area contributed by atoms with E-state index in [-0.39, 0.29) is 16.3 Å². The average Bonchev–Trinajstić information content (AvgIpc) is 3.30. The molecule has 0 bridgehead atoms. The van der Waals surface area contributed by atoms with Gasteiger partial charge in [-0.25, -0.2) is 8.42 Å². The van der Waals surface area contributed by atoms with Gasteiger partial charge in [-0.15, -0.1) is 21.5 Å². The molecule has 0 atom stereocenters. The van der Waals surface area contributed by atoms with E-state index in [2.05, 4.69) is 30.7 Å². The summed E-state index contributed by atoms with van der Waals surface area (Å²) < 4.78 is 27.0. The van der Waals surface area contributed by atoms with Gasteiger partial charge in [-0.3, -0.25) is 4.72 Å². The van der Waals surface area contributed by atoms with Gasteiger partial charge in [-0.2, -0.15) is 10.5 Å². The Morgan fingerprint density at radius 1 is 1.28 bits per heavy atom. The van der Waals surface area contributed by atoms with Gasteiger partial charge >= 0.3 is 0 Å². The molecule has 1 aromatic carbocycles. The third-order valence-electron chi connectivity index (χ3n) is 3.01. The van der Waals surface area contributed by atoms with E-state index in [1.165, 1.54) is 29.7 Å². The van der Waals surface area contributed by atoms with E-state index in [0.29, 0.717) is 10.7 Å². The summed E-state index contributed by atoms with van der Waals surface area (Å²) in [6, 6.07) is 11.5. The molecular formula is C14H11N7O2S2. The van der Waals surface area contributed by atoms with Crippen molar-refractivity contribution < 1.29 is 8.42 Å². The lowest BCUT2D eigenvalue weighted by Gasteiger charge is -2.07. The van der Waals surface area contributed by atoms with Crippen LogP contribution in [-0.4, -0.2) is 29.0 Å². The van der Waals surface area contributed by atoms with Crippen LogP contribution in [0.4, 0.5) is 10.7 Å². The summed E-state index contributed by atoms with van der Waals surface area (Å²) in [5, 5.41) is 27.4. The van der Waals surface area contributed by atoms with E-state index in [4.69, 9.17) is 5.26 Å². The second kappa shape index (κ2) is 7.12. The SMILES string of the molecule is N#CC(=CNc1ccc(S(=O)(=O)Nc2cccs2)cc1)c1nn[nH]n1. The maximum absolute atomic E-state index is 12.3. The Kier molecular flexibility index (Phi) is 4.73. The van der Waals surface area contributed by atoms with Crippen LogP contribution < -0.4 is 10.0 Å². The first kappa shape index (κ1) is 16.6. The molecule has 0 spiro atoms. The number of thiophene rings is 1. The maximum atomic E-state index is 12.3. The number of sulfonamides is 1. The lowest BCUT2D eigenvalue weighted by atomic mass is 10.3. The molecule has 0 aliphatic heterocycles. The number of allylic oxidation sites excluding steroid dienone is 1. The predicted octanol–water partition coefficient (Wildman–Crippen LogP) is 2.04. The summed E-state index contributed by atoms with van der Waals surface area (Å²) in [6.45, 7) is 0. The third-order valence-corrected chi connectivity index (χ3v) is 5.31. The molecule has 0 saturated carbocycles. The van der Waals surface area contributed by atoms with Gasteiger partial charge in [-0.05, 0) is 47.0 Å². The Bertz CT molecular complexity index is 1000. The van der Waals surface area contributed by atoms with Crippen LogP contribution in [0.5, 0.6) is 0 Å². The lowest BCUT2D eigenvalue weighted by molar-refractivity contribution is 0.601. The highest BCUT2D eigenvalue weighted by atomic mass is 32.2. The summed E-state index contributed by atoms with van der Waals surface area (Å²) >= 11 is 1.30.